The highest BCUT2D eigenvalue weighted by atomic mass is 35.5. The van der Waals surface area contributed by atoms with Gasteiger partial charge >= 0.3 is 0 Å². The SMILES string of the molecule is Clc1ccc(C[NH+]2CC[NH+](Cc3cc(-c4ccccc4)on3)CC2)cc1. The zero-order valence-electron chi connectivity index (χ0n) is 14.7. The van der Waals surface area contributed by atoms with E-state index < -0.39 is 0 Å². The van der Waals surface area contributed by atoms with Gasteiger partial charge in [0, 0.05) is 22.2 Å². The molecular formula is C21H24ClN3O+2. The summed E-state index contributed by atoms with van der Waals surface area (Å²) < 4.78 is 5.52. The Morgan fingerprint density at radius 2 is 1.50 bits per heavy atom. The standard InChI is InChI=1S/C21H22ClN3O/c22-19-8-6-17(7-9-19)15-24-10-12-25(13-11-24)16-20-14-21(26-23-20)18-4-2-1-3-5-18/h1-9,14H,10-13,15-16H2/p+2. The van der Waals surface area contributed by atoms with Gasteiger partial charge in [0.2, 0.25) is 0 Å². The second kappa shape index (κ2) is 8.04. The first kappa shape index (κ1) is 17.3. The highest BCUT2D eigenvalue weighted by molar-refractivity contribution is 6.30. The van der Waals surface area contributed by atoms with E-state index in [0.717, 1.165) is 48.2 Å². The van der Waals surface area contributed by atoms with Crippen LogP contribution in [0.3, 0.4) is 0 Å². The summed E-state index contributed by atoms with van der Waals surface area (Å²) in [5, 5.41) is 5.07. The third-order valence-corrected chi connectivity index (χ3v) is 5.33. The lowest BCUT2D eigenvalue weighted by Gasteiger charge is -2.29. The number of nitrogens with zero attached hydrogens (tertiary/aromatic N) is 1. The summed E-state index contributed by atoms with van der Waals surface area (Å²) in [6.07, 6.45) is 0. The molecule has 1 aliphatic heterocycles. The van der Waals surface area contributed by atoms with Crippen LogP contribution in [0.5, 0.6) is 0 Å². The van der Waals surface area contributed by atoms with Crippen LogP contribution in [0.1, 0.15) is 11.3 Å². The second-order valence-electron chi connectivity index (χ2n) is 7.03. The van der Waals surface area contributed by atoms with Crippen LogP contribution < -0.4 is 9.80 Å². The molecule has 1 saturated heterocycles. The Hall–Kier alpha value is -2.14. The fourth-order valence-electron chi connectivity index (χ4n) is 3.59. The summed E-state index contributed by atoms with van der Waals surface area (Å²) in [5.41, 5.74) is 3.48. The summed E-state index contributed by atoms with van der Waals surface area (Å²) in [5.74, 6) is 0.854. The Kier molecular flexibility index (Phi) is 5.34. The number of hydrogen-bond donors (Lipinski definition) is 2. The van der Waals surface area contributed by atoms with Crippen molar-refractivity contribution in [3.05, 3.63) is 76.9 Å². The zero-order valence-corrected chi connectivity index (χ0v) is 15.5. The van der Waals surface area contributed by atoms with E-state index in [1.54, 1.807) is 9.80 Å². The van der Waals surface area contributed by atoms with Crippen LogP contribution in [-0.4, -0.2) is 31.3 Å². The lowest BCUT2D eigenvalue weighted by molar-refractivity contribution is -1.02. The first-order chi connectivity index (χ1) is 12.8. The lowest BCUT2D eigenvalue weighted by Crippen LogP contribution is -3.27. The van der Waals surface area contributed by atoms with Gasteiger partial charge < -0.3 is 14.3 Å². The van der Waals surface area contributed by atoms with Crippen molar-refractivity contribution in [2.45, 2.75) is 13.1 Å². The minimum Gasteiger partial charge on any atom is -0.356 e. The molecule has 0 aliphatic carbocycles. The van der Waals surface area contributed by atoms with E-state index in [1.807, 2.05) is 30.3 Å². The first-order valence-corrected chi connectivity index (χ1v) is 9.57. The van der Waals surface area contributed by atoms with Gasteiger partial charge in [0.15, 0.2) is 5.76 Å². The predicted octanol–water partition coefficient (Wildman–Crippen LogP) is 1.48. The minimum atomic E-state index is 0.806. The van der Waals surface area contributed by atoms with Crippen LogP contribution in [0.25, 0.3) is 11.3 Å². The van der Waals surface area contributed by atoms with Crippen LogP contribution >= 0.6 is 11.6 Å². The fraction of sp³-hybridized carbons (Fsp3) is 0.286. The molecule has 0 unspecified atom stereocenters. The van der Waals surface area contributed by atoms with Gasteiger partial charge in [0.05, 0.1) is 0 Å². The molecule has 0 atom stereocenters. The van der Waals surface area contributed by atoms with E-state index in [1.165, 1.54) is 18.7 Å². The van der Waals surface area contributed by atoms with Crippen molar-refractivity contribution < 1.29 is 14.3 Å². The third-order valence-electron chi connectivity index (χ3n) is 5.08. The van der Waals surface area contributed by atoms with Crippen LogP contribution in [0.4, 0.5) is 0 Å². The molecule has 5 heteroatoms. The summed E-state index contributed by atoms with van der Waals surface area (Å²) in [7, 11) is 0. The van der Waals surface area contributed by atoms with Gasteiger partial charge in [-0.15, -0.1) is 0 Å². The molecule has 0 amide bonds. The van der Waals surface area contributed by atoms with Crippen molar-refractivity contribution in [3.8, 4) is 11.3 Å². The number of nitrogens with one attached hydrogen (secondary N) is 2. The highest BCUT2D eigenvalue weighted by Crippen LogP contribution is 2.19. The molecule has 2 aromatic carbocycles. The third kappa shape index (κ3) is 4.33. The molecule has 4 nitrogen and oxygen atoms in total. The number of quaternary nitrogens is 2. The predicted molar refractivity (Wildman–Crippen MR) is 102 cm³/mol. The Labute approximate surface area is 159 Å². The van der Waals surface area contributed by atoms with Crippen LogP contribution in [-0.2, 0) is 13.1 Å². The Bertz CT molecular complexity index is 824. The molecular weight excluding hydrogens is 346 g/mol. The van der Waals surface area contributed by atoms with Crippen molar-refractivity contribution in [3.63, 3.8) is 0 Å². The largest absolute Gasteiger partial charge is 0.356 e. The summed E-state index contributed by atoms with van der Waals surface area (Å²) in [6.45, 7) is 6.70. The molecule has 4 rings (SSSR count). The average molecular weight is 370 g/mol. The van der Waals surface area contributed by atoms with Crippen LogP contribution in [0, 0.1) is 0 Å². The summed E-state index contributed by atoms with van der Waals surface area (Å²) in [4.78, 5) is 3.22. The number of piperazine rings is 1. The highest BCUT2D eigenvalue weighted by Gasteiger charge is 2.24. The van der Waals surface area contributed by atoms with Gasteiger partial charge in [-0.05, 0) is 12.1 Å². The van der Waals surface area contributed by atoms with Gasteiger partial charge in [-0.25, -0.2) is 0 Å². The zero-order chi connectivity index (χ0) is 17.8. The number of halogens is 1. The van der Waals surface area contributed by atoms with E-state index in [-0.39, 0.29) is 0 Å². The number of hydrogen-bond acceptors (Lipinski definition) is 2. The quantitative estimate of drug-likeness (QED) is 0.714. The topological polar surface area (TPSA) is 34.9 Å². The molecule has 1 aliphatic rings. The smallest absolute Gasteiger partial charge is 0.167 e. The van der Waals surface area contributed by atoms with E-state index in [2.05, 4.69) is 35.5 Å². The van der Waals surface area contributed by atoms with Crippen molar-refractivity contribution in [1.82, 2.24) is 5.16 Å². The van der Waals surface area contributed by atoms with Crippen molar-refractivity contribution in [1.29, 1.82) is 0 Å². The first-order valence-electron chi connectivity index (χ1n) is 9.19. The minimum absolute atomic E-state index is 0.806. The van der Waals surface area contributed by atoms with Crippen LogP contribution in [0.15, 0.2) is 65.2 Å². The van der Waals surface area contributed by atoms with E-state index in [0.29, 0.717) is 0 Å². The van der Waals surface area contributed by atoms with Gasteiger partial charge in [-0.1, -0.05) is 59.2 Å². The molecule has 26 heavy (non-hydrogen) atoms. The molecule has 0 bridgehead atoms. The molecule has 134 valence electrons. The molecule has 0 spiro atoms. The monoisotopic (exact) mass is 369 g/mol. The maximum absolute atomic E-state index is 5.97. The Morgan fingerprint density at radius 3 is 2.19 bits per heavy atom. The van der Waals surface area contributed by atoms with Crippen LogP contribution in [0.2, 0.25) is 5.02 Å². The molecule has 0 saturated carbocycles. The molecule has 1 aromatic heterocycles. The maximum atomic E-state index is 5.97. The van der Waals surface area contributed by atoms with Gasteiger partial charge in [0.25, 0.3) is 0 Å². The molecule has 3 aromatic rings. The van der Waals surface area contributed by atoms with Gasteiger partial charge in [-0.3, -0.25) is 0 Å². The Morgan fingerprint density at radius 1 is 0.846 bits per heavy atom. The van der Waals surface area contributed by atoms with E-state index >= 15 is 0 Å². The van der Waals surface area contributed by atoms with Gasteiger partial charge in [0.1, 0.15) is 45.0 Å². The maximum Gasteiger partial charge on any atom is 0.167 e. The number of benzene rings is 2. The Balaban J connectivity index is 1.29. The average Bonchev–Trinajstić information content (AvgIpc) is 3.14. The van der Waals surface area contributed by atoms with Gasteiger partial charge in [-0.2, -0.15) is 0 Å². The molecule has 2 heterocycles. The van der Waals surface area contributed by atoms with Crippen molar-refractivity contribution in [2.75, 3.05) is 26.2 Å². The normalized spacial score (nSPS) is 20.2. The number of rotatable bonds is 5. The molecule has 0 radical (unpaired) electrons. The van der Waals surface area contributed by atoms with E-state index in [9.17, 15) is 0 Å². The fourth-order valence-corrected chi connectivity index (χ4v) is 3.72. The molecule has 1 fully saturated rings. The number of aromatic nitrogens is 1. The second-order valence-corrected chi connectivity index (χ2v) is 7.46. The van der Waals surface area contributed by atoms with Crippen molar-refractivity contribution >= 4 is 11.6 Å². The summed E-state index contributed by atoms with van der Waals surface area (Å²) in [6, 6.07) is 20.5. The van der Waals surface area contributed by atoms with Crippen molar-refractivity contribution in [2.24, 2.45) is 0 Å². The lowest BCUT2D eigenvalue weighted by atomic mass is 10.1. The molecule has 2 N–H and O–H groups in total. The summed E-state index contributed by atoms with van der Waals surface area (Å²) >= 11 is 5.97. The van der Waals surface area contributed by atoms with E-state index in [4.69, 9.17) is 16.1 Å².